The molecular weight excluding hydrogens is 284 g/mol. The number of fused-ring (bicyclic) bond motifs is 4. The lowest BCUT2D eigenvalue weighted by Crippen LogP contribution is -2.35. The molecule has 3 heteroatoms. The van der Waals surface area contributed by atoms with Crippen molar-refractivity contribution in [2.45, 2.75) is 36.9 Å². The van der Waals surface area contributed by atoms with Gasteiger partial charge < -0.3 is 4.74 Å². The van der Waals surface area contributed by atoms with Crippen LogP contribution in [0, 0.1) is 45.8 Å². The van der Waals surface area contributed by atoms with Gasteiger partial charge in [-0.2, -0.15) is 10.5 Å². The topological polar surface area (TPSA) is 56.8 Å². The van der Waals surface area contributed by atoms with E-state index >= 15 is 0 Å². The summed E-state index contributed by atoms with van der Waals surface area (Å²) in [6.45, 7) is 0. The Hall–Kier alpha value is -2.10. The van der Waals surface area contributed by atoms with Crippen LogP contribution >= 0.6 is 0 Å². The highest BCUT2D eigenvalue weighted by atomic mass is 16.6. The van der Waals surface area contributed by atoms with Crippen molar-refractivity contribution >= 4 is 0 Å². The molecule has 2 saturated carbocycles. The van der Waals surface area contributed by atoms with Crippen molar-refractivity contribution in [3.63, 3.8) is 0 Å². The number of nitriles is 2. The zero-order valence-electron chi connectivity index (χ0n) is 12.7. The van der Waals surface area contributed by atoms with Crippen LogP contribution in [0.3, 0.4) is 0 Å². The first-order valence-electron chi connectivity index (χ1n) is 8.53. The molecule has 1 aromatic carbocycles. The van der Waals surface area contributed by atoms with E-state index in [1.807, 2.05) is 0 Å². The number of nitrogens with zero attached hydrogens (tertiary/aromatic N) is 2. The number of hydrogen-bond donors (Lipinski definition) is 0. The quantitative estimate of drug-likeness (QED) is 0.740. The Morgan fingerprint density at radius 2 is 1.74 bits per heavy atom. The Balaban J connectivity index is 1.55. The van der Waals surface area contributed by atoms with Gasteiger partial charge in [0.05, 0.1) is 23.3 Å². The SMILES string of the molecule is N#CC1=CC2C34CCc5ccc(cc5)CCC5(O3)C(C14)C25C#N. The Morgan fingerprint density at radius 1 is 1.04 bits per heavy atom. The minimum absolute atomic E-state index is 0.126. The predicted molar refractivity (Wildman–Crippen MR) is 81.8 cm³/mol. The van der Waals surface area contributed by atoms with Crippen LogP contribution in [0.25, 0.3) is 0 Å². The molecule has 2 saturated heterocycles. The highest BCUT2D eigenvalue weighted by Gasteiger charge is 2.99. The van der Waals surface area contributed by atoms with Crippen molar-refractivity contribution in [2.24, 2.45) is 23.2 Å². The van der Waals surface area contributed by atoms with Gasteiger partial charge in [-0.15, -0.1) is 0 Å². The molecule has 6 unspecified atom stereocenters. The molecule has 4 fully saturated rings. The summed E-state index contributed by atoms with van der Waals surface area (Å²) in [6.07, 6.45) is 5.84. The van der Waals surface area contributed by atoms with Crippen molar-refractivity contribution in [2.75, 3.05) is 0 Å². The molecule has 0 amide bonds. The molecule has 0 aromatic heterocycles. The van der Waals surface area contributed by atoms with Gasteiger partial charge in [-0.3, -0.25) is 0 Å². The van der Waals surface area contributed by atoms with Crippen molar-refractivity contribution < 1.29 is 4.74 Å². The van der Waals surface area contributed by atoms with Gasteiger partial charge in [0.1, 0.15) is 5.41 Å². The number of ether oxygens (including phenoxy) is 1. The minimum Gasteiger partial charge on any atom is -0.365 e. The summed E-state index contributed by atoms with van der Waals surface area (Å²) in [5, 5.41) is 19.6. The highest BCUT2D eigenvalue weighted by molar-refractivity contribution is 5.60. The second kappa shape index (κ2) is 3.37. The summed E-state index contributed by atoms with van der Waals surface area (Å²) in [5.74, 6) is 0.538. The molecule has 4 heterocycles. The molecule has 23 heavy (non-hydrogen) atoms. The lowest BCUT2D eigenvalue weighted by atomic mass is 9.77. The van der Waals surface area contributed by atoms with Crippen molar-refractivity contribution in [3.8, 4) is 12.1 Å². The first-order chi connectivity index (χ1) is 11.2. The van der Waals surface area contributed by atoms with Crippen LogP contribution < -0.4 is 0 Å². The fourth-order valence-electron chi connectivity index (χ4n) is 6.68. The van der Waals surface area contributed by atoms with Gasteiger partial charge in [0.2, 0.25) is 0 Å². The highest BCUT2D eigenvalue weighted by Crippen LogP contribution is 2.91. The van der Waals surface area contributed by atoms with Gasteiger partial charge in [-0.05, 0) is 36.8 Å². The molecule has 0 N–H and O–H groups in total. The van der Waals surface area contributed by atoms with Crippen molar-refractivity contribution in [1.82, 2.24) is 0 Å². The number of rotatable bonds is 0. The molecular formula is C20H16N2O. The third-order valence-corrected chi connectivity index (χ3v) is 7.47. The Kier molecular flexibility index (Phi) is 1.81. The van der Waals surface area contributed by atoms with Gasteiger partial charge in [0.25, 0.3) is 0 Å². The average Bonchev–Trinajstić information content (AvgIpc) is 2.86. The first kappa shape index (κ1) is 12.3. The molecule has 112 valence electrons. The maximum Gasteiger partial charge on any atom is 0.102 e. The molecule has 6 atom stereocenters. The largest absolute Gasteiger partial charge is 0.365 e. The average molecular weight is 300 g/mol. The van der Waals surface area contributed by atoms with Crippen LogP contribution in [0.4, 0.5) is 0 Å². The lowest BCUT2D eigenvalue weighted by molar-refractivity contribution is -0.0599. The van der Waals surface area contributed by atoms with Gasteiger partial charge >= 0.3 is 0 Å². The molecule has 4 aliphatic heterocycles. The zero-order valence-corrected chi connectivity index (χ0v) is 12.7. The standard InChI is InChI=1S/C20H16N2O/c21-10-14-9-15-18(11-22)17-16(14)19(15)7-5-12-1-3-13(4-2-12)6-8-20(17,18)23-19/h1-4,9,15-17H,5-8H2. The molecule has 3 aliphatic carbocycles. The second-order valence-corrected chi connectivity index (χ2v) is 7.91. The Morgan fingerprint density at radius 3 is 2.39 bits per heavy atom. The zero-order chi connectivity index (χ0) is 15.4. The van der Waals surface area contributed by atoms with E-state index in [9.17, 15) is 10.5 Å². The van der Waals surface area contributed by atoms with E-state index in [0.717, 1.165) is 31.3 Å². The van der Waals surface area contributed by atoms with E-state index in [1.54, 1.807) is 0 Å². The summed E-state index contributed by atoms with van der Waals surface area (Å²) in [6, 6.07) is 14.0. The van der Waals surface area contributed by atoms with E-state index in [2.05, 4.69) is 42.5 Å². The molecule has 8 rings (SSSR count). The predicted octanol–water partition coefficient (Wildman–Crippen LogP) is 2.92. The molecule has 2 spiro atoms. The fraction of sp³-hybridized carbons (Fsp3) is 0.500. The normalized spacial score (nSPS) is 50.0. The van der Waals surface area contributed by atoms with Crippen molar-refractivity contribution in [3.05, 3.63) is 47.0 Å². The van der Waals surface area contributed by atoms with E-state index in [-0.39, 0.29) is 34.4 Å². The number of hydrogen-bond acceptors (Lipinski definition) is 3. The maximum absolute atomic E-state index is 10.0. The van der Waals surface area contributed by atoms with Gasteiger partial charge in [0.15, 0.2) is 0 Å². The van der Waals surface area contributed by atoms with Crippen LogP contribution in [0.2, 0.25) is 0 Å². The van der Waals surface area contributed by atoms with E-state index in [4.69, 9.17) is 4.74 Å². The van der Waals surface area contributed by atoms with Crippen LogP contribution in [0.15, 0.2) is 35.9 Å². The van der Waals surface area contributed by atoms with Gasteiger partial charge in [-0.25, -0.2) is 0 Å². The molecule has 7 aliphatic rings. The summed E-state index contributed by atoms with van der Waals surface area (Å²) >= 11 is 0. The third-order valence-electron chi connectivity index (χ3n) is 7.47. The fourth-order valence-corrected chi connectivity index (χ4v) is 6.68. The first-order valence-corrected chi connectivity index (χ1v) is 8.53. The smallest absolute Gasteiger partial charge is 0.102 e. The minimum atomic E-state index is -0.352. The molecule has 8 bridgehead atoms. The summed E-state index contributed by atoms with van der Waals surface area (Å²) in [5.41, 5.74) is 2.61. The van der Waals surface area contributed by atoms with Crippen LogP contribution in [0.5, 0.6) is 0 Å². The van der Waals surface area contributed by atoms with E-state index in [0.29, 0.717) is 0 Å². The lowest BCUT2D eigenvalue weighted by Gasteiger charge is -2.29. The monoisotopic (exact) mass is 300 g/mol. The Labute approximate surface area is 135 Å². The maximum atomic E-state index is 10.0. The molecule has 1 aromatic rings. The van der Waals surface area contributed by atoms with E-state index < -0.39 is 0 Å². The third kappa shape index (κ3) is 0.999. The molecule has 3 nitrogen and oxygen atoms in total. The number of benzene rings is 1. The van der Waals surface area contributed by atoms with Crippen molar-refractivity contribution in [1.29, 1.82) is 10.5 Å². The van der Waals surface area contributed by atoms with Crippen LogP contribution in [-0.4, -0.2) is 11.2 Å². The summed E-state index contributed by atoms with van der Waals surface area (Å²) in [7, 11) is 0. The van der Waals surface area contributed by atoms with Crippen LogP contribution in [-0.2, 0) is 17.6 Å². The van der Waals surface area contributed by atoms with E-state index in [1.165, 1.54) is 11.1 Å². The molecule has 0 radical (unpaired) electrons. The summed E-state index contributed by atoms with van der Waals surface area (Å²) < 4.78 is 6.75. The van der Waals surface area contributed by atoms with Gasteiger partial charge in [0, 0.05) is 23.3 Å². The summed E-state index contributed by atoms with van der Waals surface area (Å²) in [4.78, 5) is 0. The number of aryl methyl sites for hydroxylation is 2. The van der Waals surface area contributed by atoms with Gasteiger partial charge in [-0.1, -0.05) is 30.3 Å². The van der Waals surface area contributed by atoms with Crippen LogP contribution in [0.1, 0.15) is 24.0 Å². The Bertz CT molecular complexity index is 872. The second-order valence-electron chi connectivity index (χ2n) is 7.91.